The highest BCUT2D eigenvalue weighted by atomic mass is 32.2. The van der Waals surface area contributed by atoms with Crippen molar-refractivity contribution in [2.24, 2.45) is 0 Å². The molecule has 1 aromatic heterocycles. The molecule has 0 spiro atoms. The molecule has 5 heteroatoms. The van der Waals surface area contributed by atoms with Crippen LogP contribution in [0.1, 0.15) is 16.8 Å². The van der Waals surface area contributed by atoms with Crippen molar-refractivity contribution in [3.63, 3.8) is 0 Å². The Morgan fingerprint density at radius 1 is 0.840 bits per heavy atom. The highest BCUT2D eigenvalue weighted by Crippen LogP contribution is 2.21. The molecule has 4 nitrogen and oxygen atoms in total. The smallest absolute Gasteiger partial charge is 0.243 e. The molecular formula is C20H20N2O2S. The summed E-state index contributed by atoms with van der Waals surface area (Å²) in [7, 11) is -3.62. The maximum Gasteiger partial charge on any atom is 0.243 e. The SMILES string of the molecule is Cc1ccc(S(=O)(=O)N(Cc2ccccc2)Cc2ccccn2)cc1. The van der Waals surface area contributed by atoms with Crippen LogP contribution in [0.3, 0.4) is 0 Å². The molecule has 0 aliphatic carbocycles. The van der Waals surface area contributed by atoms with E-state index in [1.165, 1.54) is 4.31 Å². The van der Waals surface area contributed by atoms with Crippen LogP contribution in [0.4, 0.5) is 0 Å². The summed E-state index contributed by atoms with van der Waals surface area (Å²) in [6, 6.07) is 22.0. The number of hydrogen-bond donors (Lipinski definition) is 0. The molecule has 1 heterocycles. The molecule has 2 aromatic carbocycles. The molecule has 0 saturated carbocycles. The number of aromatic nitrogens is 1. The van der Waals surface area contributed by atoms with Gasteiger partial charge < -0.3 is 0 Å². The zero-order valence-corrected chi connectivity index (χ0v) is 14.9. The lowest BCUT2D eigenvalue weighted by molar-refractivity contribution is 0.397. The lowest BCUT2D eigenvalue weighted by Crippen LogP contribution is -2.30. The second kappa shape index (κ2) is 7.59. The summed E-state index contributed by atoms with van der Waals surface area (Å²) >= 11 is 0. The minimum Gasteiger partial charge on any atom is -0.260 e. The molecule has 0 N–H and O–H groups in total. The van der Waals surface area contributed by atoms with Crippen molar-refractivity contribution >= 4 is 10.0 Å². The first kappa shape index (κ1) is 17.3. The molecule has 25 heavy (non-hydrogen) atoms. The lowest BCUT2D eigenvalue weighted by atomic mass is 10.2. The average Bonchev–Trinajstić information content (AvgIpc) is 2.63. The number of nitrogens with zero attached hydrogens (tertiary/aromatic N) is 2. The van der Waals surface area contributed by atoms with Crippen molar-refractivity contribution in [1.29, 1.82) is 0 Å². The molecule has 0 unspecified atom stereocenters. The Hall–Kier alpha value is -2.50. The number of sulfonamides is 1. The van der Waals surface area contributed by atoms with Gasteiger partial charge >= 0.3 is 0 Å². The Labute approximate surface area is 148 Å². The fourth-order valence-corrected chi connectivity index (χ4v) is 3.94. The molecule has 0 aliphatic rings. The number of aryl methyl sites for hydroxylation is 1. The van der Waals surface area contributed by atoms with E-state index in [1.807, 2.05) is 67.6 Å². The Morgan fingerprint density at radius 3 is 2.16 bits per heavy atom. The van der Waals surface area contributed by atoms with E-state index in [2.05, 4.69) is 4.98 Å². The third-order valence-corrected chi connectivity index (χ3v) is 5.73. The maximum atomic E-state index is 13.2. The van der Waals surface area contributed by atoms with E-state index in [-0.39, 0.29) is 6.54 Å². The number of benzene rings is 2. The van der Waals surface area contributed by atoms with Gasteiger partial charge in [0.2, 0.25) is 10.0 Å². The molecular weight excluding hydrogens is 332 g/mol. The Bertz CT molecular complexity index is 867. The van der Waals surface area contributed by atoms with Crippen LogP contribution in [-0.4, -0.2) is 17.7 Å². The first-order chi connectivity index (χ1) is 12.1. The van der Waals surface area contributed by atoms with Crippen LogP contribution in [-0.2, 0) is 23.1 Å². The van der Waals surface area contributed by atoms with E-state index in [9.17, 15) is 8.42 Å². The van der Waals surface area contributed by atoms with E-state index >= 15 is 0 Å². The zero-order chi connectivity index (χ0) is 17.7. The highest BCUT2D eigenvalue weighted by Gasteiger charge is 2.25. The summed E-state index contributed by atoms with van der Waals surface area (Å²) in [6.07, 6.45) is 1.68. The molecule has 0 saturated heterocycles. The third-order valence-electron chi connectivity index (χ3n) is 3.93. The minimum absolute atomic E-state index is 0.228. The zero-order valence-electron chi connectivity index (χ0n) is 14.0. The van der Waals surface area contributed by atoms with Crippen LogP contribution in [0.25, 0.3) is 0 Å². The third kappa shape index (κ3) is 4.32. The van der Waals surface area contributed by atoms with Gasteiger partial charge in [0, 0.05) is 12.7 Å². The van der Waals surface area contributed by atoms with Gasteiger partial charge in [0.15, 0.2) is 0 Å². The van der Waals surface area contributed by atoms with Crippen LogP contribution in [0.2, 0.25) is 0 Å². The van der Waals surface area contributed by atoms with E-state index in [0.29, 0.717) is 17.1 Å². The van der Waals surface area contributed by atoms with E-state index in [0.717, 1.165) is 11.1 Å². The number of hydrogen-bond acceptors (Lipinski definition) is 3. The van der Waals surface area contributed by atoms with Gasteiger partial charge in [0.05, 0.1) is 17.1 Å². The van der Waals surface area contributed by atoms with E-state index in [1.54, 1.807) is 18.3 Å². The molecule has 0 bridgehead atoms. The minimum atomic E-state index is -3.62. The Kier molecular flexibility index (Phi) is 5.26. The van der Waals surface area contributed by atoms with Gasteiger partial charge in [-0.1, -0.05) is 54.1 Å². The summed E-state index contributed by atoms with van der Waals surface area (Å²) in [4.78, 5) is 4.57. The molecule has 3 rings (SSSR count). The van der Waals surface area contributed by atoms with Crippen molar-refractivity contribution in [2.45, 2.75) is 24.9 Å². The van der Waals surface area contributed by atoms with Crippen LogP contribution >= 0.6 is 0 Å². The maximum absolute atomic E-state index is 13.2. The van der Waals surface area contributed by atoms with Crippen molar-refractivity contribution in [2.75, 3.05) is 0 Å². The second-order valence-electron chi connectivity index (χ2n) is 5.89. The van der Waals surface area contributed by atoms with Crippen molar-refractivity contribution in [3.05, 3.63) is 95.8 Å². The molecule has 0 amide bonds. The fourth-order valence-electron chi connectivity index (χ4n) is 2.54. The summed E-state index contributed by atoms with van der Waals surface area (Å²) in [5.74, 6) is 0. The van der Waals surface area contributed by atoms with Gasteiger partial charge in [0.1, 0.15) is 0 Å². The predicted molar refractivity (Wildman–Crippen MR) is 98.3 cm³/mol. The first-order valence-corrected chi connectivity index (χ1v) is 9.50. The van der Waals surface area contributed by atoms with Gasteiger partial charge in [0.25, 0.3) is 0 Å². The van der Waals surface area contributed by atoms with Crippen LogP contribution in [0.15, 0.2) is 83.9 Å². The van der Waals surface area contributed by atoms with Crippen molar-refractivity contribution in [1.82, 2.24) is 9.29 Å². The first-order valence-electron chi connectivity index (χ1n) is 8.06. The van der Waals surface area contributed by atoms with Gasteiger partial charge in [-0.25, -0.2) is 8.42 Å². The van der Waals surface area contributed by atoms with Crippen LogP contribution < -0.4 is 0 Å². The van der Waals surface area contributed by atoms with E-state index < -0.39 is 10.0 Å². The largest absolute Gasteiger partial charge is 0.260 e. The Balaban J connectivity index is 1.95. The normalized spacial score (nSPS) is 11.6. The van der Waals surface area contributed by atoms with Gasteiger partial charge in [-0.05, 0) is 36.8 Å². The summed E-state index contributed by atoms with van der Waals surface area (Å²) in [5, 5.41) is 0. The van der Waals surface area contributed by atoms with E-state index in [4.69, 9.17) is 0 Å². The second-order valence-corrected chi connectivity index (χ2v) is 7.83. The van der Waals surface area contributed by atoms with Crippen molar-refractivity contribution < 1.29 is 8.42 Å². The number of rotatable bonds is 6. The predicted octanol–water partition coefficient (Wildman–Crippen LogP) is 3.78. The Morgan fingerprint density at radius 2 is 1.52 bits per heavy atom. The molecule has 128 valence electrons. The molecule has 0 atom stereocenters. The van der Waals surface area contributed by atoms with Gasteiger partial charge in [-0.2, -0.15) is 4.31 Å². The standard InChI is InChI=1S/C20H20N2O2S/c1-17-10-12-20(13-11-17)25(23,24)22(15-18-7-3-2-4-8-18)16-19-9-5-6-14-21-19/h2-14H,15-16H2,1H3. The van der Waals surface area contributed by atoms with Gasteiger partial charge in [-0.15, -0.1) is 0 Å². The highest BCUT2D eigenvalue weighted by molar-refractivity contribution is 7.89. The molecule has 0 aliphatic heterocycles. The van der Waals surface area contributed by atoms with Crippen molar-refractivity contribution in [3.8, 4) is 0 Å². The summed E-state index contributed by atoms with van der Waals surface area (Å²) in [5.41, 5.74) is 2.68. The molecule has 3 aromatic rings. The molecule has 0 radical (unpaired) electrons. The summed E-state index contributed by atoms with van der Waals surface area (Å²) < 4.78 is 27.8. The average molecular weight is 352 g/mol. The van der Waals surface area contributed by atoms with Crippen LogP contribution in [0, 0.1) is 6.92 Å². The quantitative estimate of drug-likeness (QED) is 0.678. The lowest BCUT2D eigenvalue weighted by Gasteiger charge is -2.22. The van der Waals surface area contributed by atoms with Gasteiger partial charge in [-0.3, -0.25) is 4.98 Å². The monoisotopic (exact) mass is 352 g/mol. The number of pyridine rings is 1. The topological polar surface area (TPSA) is 50.3 Å². The summed E-state index contributed by atoms with van der Waals surface area (Å²) in [6.45, 7) is 2.46. The fraction of sp³-hybridized carbons (Fsp3) is 0.150. The van der Waals surface area contributed by atoms with Crippen LogP contribution in [0.5, 0.6) is 0 Å². The molecule has 0 fully saturated rings.